The molecule has 2 rings (SSSR count). The lowest BCUT2D eigenvalue weighted by atomic mass is 9.89. The first-order valence-electron chi connectivity index (χ1n) is 6.77. The van der Waals surface area contributed by atoms with E-state index in [1.165, 1.54) is 24.8 Å². The van der Waals surface area contributed by atoms with Gasteiger partial charge in [-0.05, 0) is 37.0 Å². The maximum atomic E-state index is 6.41. The molecule has 0 heterocycles. The van der Waals surface area contributed by atoms with E-state index in [0.717, 1.165) is 31.6 Å². The third-order valence-corrected chi connectivity index (χ3v) is 3.69. The van der Waals surface area contributed by atoms with Crippen molar-refractivity contribution in [1.82, 2.24) is 0 Å². The number of hydrogen-bond acceptors (Lipinski definition) is 2. The van der Waals surface area contributed by atoms with Gasteiger partial charge in [-0.15, -0.1) is 0 Å². The number of unbranched alkanes of at least 4 members (excludes halogenated alkanes) is 1. The van der Waals surface area contributed by atoms with Crippen molar-refractivity contribution in [1.29, 1.82) is 0 Å². The van der Waals surface area contributed by atoms with E-state index in [4.69, 9.17) is 10.5 Å². The molecule has 1 aliphatic carbocycles. The fourth-order valence-electron chi connectivity index (χ4n) is 2.51. The first kappa shape index (κ1) is 12.4. The minimum Gasteiger partial charge on any atom is -0.494 e. The topological polar surface area (TPSA) is 35.2 Å². The predicted octanol–water partition coefficient (Wildman–Crippen LogP) is 3.59. The zero-order chi connectivity index (χ0) is 12.1. The van der Waals surface area contributed by atoms with Crippen LogP contribution < -0.4 is 10.5 Å². The Morgan fingerprint density at radius 1 is 1.18 bits per heavy atom. The molecule has 0 aliphatic heterocycles. The molecule has 0 saturated heterocycles. The molecular formula is C15H23NO. The molecular weight excluding hydrogens is 210 g/mol. The zero-order valence-corrected chi connectivity index (χ0v) is 10.7. The van der Waals surface area contributed by atoms with Gasteiger partial charge in [0, 0.05) is 5.54 Å². The van der Waals surface area contributed by atoms with Crippen LogP contribution in [0.5, 0.6) is 5.75 Å². The van der Waals surface area contributed by atoms with Crippen LogP contribution >= 0.6 is 0 Å². The van der Waals surface area contributed by atoms with Crippen molar-refractivity contribution in [3.05, 3.63) is 29.8 Å². The van der Waals surface area contributed by atoms with Gasteiger partial charge in [0.2, 0.25) is 0 Å². The molecule has 0 radical (unpaired) electrons. The molecule has 1 saturated carbocycles. The average Bonchev–Trinajstić information content (AvgIpc) is 2.79. The maximum absolute atomic E-state index is 6.41. The minimum absolute atomic E-state index is 0.0814. The Morgan fingerprint density at radius 2 is 1.82 bits per heavy atom. The second-order valence-electron chi connectivity index (χ2n) is 5.09. The van der Waals surface area contributed by atoms with E-state index in [-0.39, 0.29) is 5.54 Å². The van der Waals surface area contributed by atoms with Gasteiger partial charge >= 0.3 is 0 Å². The van der Waals surface area contributed by atoms with Crippen molar-refractivity contribution in [3.63, 3.8) is 0 Å². The molecule has 1 aromatic rings. The monoisotopic (exact) mass is 233 g/mol. The molecule has 94 valence electrons. The van der Waals surface area contributed by atoms with Gasteiger partial charge in [0.05, 0.1) is 6.61 Å². The fourth-order valence-corrected chi connectivity index (χ4v) is 2.51. The Morgan fingerprint density at radius 3 is 2.41 bits per heavy atom. The van der Waals surface area contributed by atoms with Crippen LogP contribution in [0, 0.1) is 0 Å². The van der Waals surface area contributed by atoms with Gasteiger partial charge in [-0.25, -0.2) is 0 Å². The lowest BCUT2D eigenvalue weighted by Crippen LogP contribution is -2.32. The molecule has 0 unspecified atom stereocenters. The summed E-state index contributed by atoms with van der Waals surface area (Å²) in [6.45, 7) is 2.98. The van der Waals surface area contributed by atoms with Gasteiger partial charge in [-0.1, -0.05) is 38.3 Å². The number of rotatable bonds is 5. The fraction of sp³-hybridized carbons (Fsp3) is 0.600. The van der Waals surface area contributed by atoms with E-state index in [2.05, 4.69) is 31.2 Å². The van der Waals surface area contributed by atoms with Crippen molar-refractivity contribution in [2.75, 3.05) is 6.61 Å². The van der Waals surface area contributed by atoms with Crippen LogP contribution in [-0.4, -0.2) is 6.61 Å². The standard InChI is InChI=1S/C15H23NO/c1-2-3-12-17-14-8-6-13(7-9-14)15(16)10-4-5-11-15/h6-9H,2-5,10-12,16H2,1H3. The Hall–Kier alpha value is -1.02. The SMILES string of the molecule is CCCCOc1ccc(C2(N)CCCC2)cc1. The van der Waals surface area contributed by atoms with Gasteiger partial charge in [0.15, 0.2) is 0 Å². The number of benzene rings is 1. The second kappa shape index (κ2) is 5.54. The summed E-state index contributed by atoms with van der Waals surface area (Å²) in [6, 6.07) is 8.37. The molecule has 2 heteroatoms. The Kier molecular flexibility index (Phi) is 4.06. The number of nitrogens with two attached hydrogens (primary N) is 1. The Bertz CT molecular complexity index is 338. The first-order valence-corrected chi connectivity index (χ1v) is 6.77. The first-order chi connectivity index (χ1) is 8.24. The lowest BCUT2D eigenvalue weighted by molar-refractivity contribution is 0.309. The van der Waals surface area contributed by atoms with Crippen molar-refractivity contribution in [2.24, 2.45) is 5.73 Å². The maximum Gasteiger partial charge on any atom is 0.119 e. The van der Waals surface area contributed by atoms with Crippen LogP contribution in [-0.2, 0) is 5.54 Å². The molecule has 2 N–H and O–H groups in total. The highest BCUT2D eigenvalue weighted by atomic mass is 16.5. The predicted molar refractivity (Wildman–Crippen MR) is 71.2 cm³/mol. The minimum atomic E-state index is -0.0814. The van der Waals surface area contributed by atoms with Crippen molar-refractivity contribution >= 4 is 0 Å². The smallest absolute Gasteiger partial charge is 0.119 e. The van der Waals surface area contributed by atoms with E-state index >= 15 is 0 Å². The Balaban J connectivity index is 1.97. The molecule has 2 nitrogen and oxygen atoms in total. The normalized spacial score (nSPS) is 18.2. The van der Waals surface area contributed by atoms with Crippen molar-refractivity contribution in [3.8, 4) is 5.75 Å². The molecule has 1 aliphatic rings. The summed E-state index contributed by atoms with van der Waals surface area (Å²) < 4.78 is 5.66. The largest absolute Gasteiger partial charge is 0.494 e. The number of hydrogen-bond donors (Lipinski definition) is 1. The second-order valence-corrected chi connectivity index (χ2v) is 5.09. The molecule has 0 amide bonds. The third kappa shape index (κ3) is 3.01. The summed E-state index contributed by atoms with van der Waals surface area (Å²) in [6.07, 6.45) is 7.02. The highest BCUT2D eigenvalue weighted by molar-refractivity contribution is 5.32. The highest BCUT2D eigenvalue weighted by Gasteiger charge is 2.30. The van der Waals surface area contributed by atoms with Crippen molar-refractivity contribution in [2.45, 2.75) is 51.0 Å². The van der Waals surface area contributed by atoms with Gasteiger partial charge in [0.25, 0.3) is 0 Å². The lowest BCUT2D eigenvalue weighted by Gasteiger charge is -2.24. The molecule has 0 bridgehead atoms. The molecule has 0 spiro atoms. The average molecular weight is 233 g/mol. The molecule has 0 atom stereocenters. The van der Waals surface area contributed by atoms with E-state index < -0.39 is 0 Å². The van der Waals surface area contributed by atoms with E-state index in [0.29, 0.717) is 0 Å². The van der Waals surface area contributed by atoms with E-state index in [1.54, 1.807) is 0 Å². The van der Waals surface area contributed by atoms with Crippen LogP contribution in [0.15, 0.2) is 24.3 Å². The zero-order valence-electron chi connectivity index (χ0n) is 10.7. The molecule has 1 fully saturated rings. The van der Waals surface area contributed by atoms with Crippen LogP contribution in [0.3, 0.4) is 0 Å². The Labute approximate surface area is 104 Å². The van der Waals surface area contributed by atoms with Crippen LogP contribution in [0.2, 0.25) is 0 Å². The quantitative estimate of drug-likeness (QED) is 0.789. The molecule has 1 aromatic carbocycles. The summed E-state index contributed by atoms with van der Waals surface area (Å²) >= 11 is 0. The highest BCUT2D eigenvalue weighted by Crippen LogP contribution is 2.36. The summed E-state index contributed by atoms with van der Waals surface area (Å²) in [5, 5.41) is 0. The van der Waals surface area contributed by atoms with Gasteiger partial charge < -0.3 is 10.5 Å². The van der Waals surface area contributed by atoms with E-state index in [9.17, 15) is 0 Å². The molecule has 0 aromatic heterocycles. The third-order valence-electron chi connectivity index (χ3n) is 3.69. The van der Waals surface area contributed by atoms with Crippen LogP contribution in [0.1, 0.15) is 51.0 Å². The van der Waals surface area contributed by atoms with Crippen molar-refractivity contribution < 1.29 is 4.74 Å². The summed E-state index contributed by atoms with van der Waals surface area (Å²) in [7, 11) is 0. The van der Waals surface area contributed by atoms with Crippen LogP contribution in [0.4, 0.5) is 0 Å². The van der Waals surface area contributed by atoms with Crippen LogP contribution in [0.25, 0.3) is 0 Å². The summed E-state index contributed by atoms with van der Waals surface area (Å²) in [4.78, 5) is 0. The van der Waals surface area contributed by atoms with E-state index in [1.807, 2.05) is 0 Å². The number of ether oxygens (including phenoxy) is 1. The summed E-state index contributed by atoms with van der Waals surface area (Å²) in [5.41, 5.74) is 7.59. The molecule has 17 heavy (non-hydrogen) atoms. The summed E-state index contributed by atoms with van der Waals surface area (Å²) in [5.74, 6) is 0.962. The van der Waals surface area contributed by atoms with Gasteiger partial charge in [0.1, 0.15) is 5.75 Å². The van der Waals surface area contributed by atoms with Gasteiger partial charge in [-0.2, -0.15) is 0 Å². The van der Waals surface area contributed by atoms with Gasteiger partial charge in [-0.3, -0.25) is 0 Å².